The third-order valence-corrected chi connectivity index (χ3v) is 3.17. The molecule has 0 aromatic carbocycles. The first-order chi connectivity index (χ1) is 9.17. The standard InChI is InChI=1S/C12H20N4O3/c1-2-3-10-13-11(19-14-10)8-15-4-6-16(7-5-15)9-12(17)18/h2-9H2,1H3,(H,17,18). The SMILES string of the molecule is CCCc1noc(CN2CCN(CC(=O)O)CC2)n1. The second kappa shape index (κ2) is 6.63. The Morgan fingerprint density at radius 3 is 2.63 bits per heavy atom. The van der Waals surface area contributed by atoms with Crippen LogP contribution in [0.15, 0.2) is 4.52 Å². The van der Waals surface area contributed by atoms with Gasteiger partial charge in [-0.2, -0.15) is 4.98 Å². The third-order valence-electron chi connectivity index (χ3n) is 3.17. The second-order valence-corrected chi connectivity index (χ2v) is 4.80. The largest absolute Gasteiger partial charge is 0.480 e. The number of nitrogens with zero attached hydrogens (tertiary/aromatic N) is 4. The van der Waals surface area contributed by atoms with E-state index in [2.05, 4.69) is 22.0 Å². The first-order valence-electron chi connectivity index (χ1n) is 6.65. The minimum Gasteiger partial charge on any atom is -0.480 e. The van der Waals surface area contributed by atoms with Gasteiger partial charge in [0.05, 0.1) is 13.1 Å². The summed E-state index contributed by atoms with van der Waals surface area (Å²) >= 11 is 0. The third kappa shape index (κ3) is 4.29. The van der Waals surface area contributed by atoms with Gasteiger partial charge in [-0.1, -0.05) is 12.1 Å². The monoisotopic (exact) mass is 268 g/mol. The zero-order valence-electron chi connectivity index (χ0n) is 11.2. The van der Waals surface area contributed by atoms with Crippen molar-refractivity contribution in [3.8, 4) is 0 Å². The lowest BCUT2D eigenvalue weighted by molar-refractivity contribution is -0.138. The minimum atomic E-state index is -0.769. The molecule has 0 radical (unpaired) electrons. The quantitative estimate of drug-likeness (QED) is 0.790. The van der Waals surface area contributed by atoms with E-state index in [0.717, 1.165) is 44.8 Å². The number of aromatic nitrogens is 2. The van der Waals surface area contributed by atoms with Crippen molar-refractivity contribution in [2.75, 3.05) is 32.7 Å². The van der Waals surface area contributed by atoms with Gasteiger partial charge in [-0.3, -0.25) is 14.6 Å². The zero-order chi connectivity index (χ0) is 13.7. The first-order valence-corrected chi connectivity index (χ1v) is 6.65. The number of hydrogen-bond donors (Lipinski definition) is 1. The first kappa shape index (κ1) is 14.0. The molecule has 0 aliphatic carbocycles. The fourth-order valence-electron chi connectivity index (χ4n) is 2.17. The fraction of sp³-hybridized carbons (Fsp3) is 0.750. The summed E-state index contributed by atoms with van der Waals surface area (Å²) in [5.41, 5.74) is 0. The van der Waals surface area contributed by atoms with Gasteiger partial charge in [-0.15, -0.1) is 0 Å². The summed E-state index contributed by atoms with van der Waals surface area (Å²) in [5, 5.41) is 12.7. The Morgan fingerprint density at radius 1 is 1.32 bits per heavy atom. The van der Waals surface area contributed by atoms with E-state index in [9.17, 15) is 4.79 Å². The van der Waals surface area contributed by atoms with Crippen molar-refractivity contribution in [1.82, 2.24) is 19.9 Å². The van der Waals surface area contributed by atoms with Crippen LogP contribution in [0.2, 0.25) is 0 Å². The summed E-state index contributed by atoms with van der Waals surface area (Å²) in [6, 6.07) is 0. The van der Waals surface area contributed by atoms with E-state index >= 15 is 0 Å². The van der Waals surface area contributed by atoms with Gasteiger partial charge < -0.3 is 9.63 Å². The van der Waals surface area contributed by atoms with Crippen LogP contribution in [0, 0.1) is 0 Å². The molecule has 1 fully saturated rings. The number of aryl methyl sites for hydroxylation is 1. The van der Waals surface area contributed by atoms with Gasteiger partial charge in [0.1, 0.15) is 0 Å². The summed E-state index contributed by atoms with van der Waals surface area (Å²) in [5.74, 6) is 0.645. The highest BCUT2D eigenvalue weighted by Crippen LogP contribution is 2.07. The molecule has 2 rings (SSSR count). The molecule has 7 nitrogen and oxygen atoms in total. The van der Waals surface area contributed by atoms with E-state index < -0.39 is 5.97 Å². The van der Waals surface area contributed by atoms with Crippen molar-refractivity contribution in [2.24, 2.45) is 0 Å². The predicted molar refractivity (Wildman–Crippen MR) is 67.6 cm³/mol. The van der Waals surface area contributed by atoms with Crippen LogP contribution in [0.1, 0.15) is 25.1 Å². The zero-order valence-corrected chi connectivity index (χ0v) is 11.2. The molecule has 1 saturated heterocycles. The molecule has 0 unspecified atom stereocenters. The van der Waals surface area contributed by atoms with Gasteiger partial charge in [0.2, 0.25) is 5.89 Å². The summed E-state index contributed by atoms with van der Waals surface area (Å²) in [6.45, 7) is 6.05. The van der Waals surface area contributed by atoms with Gasteiger partial charge >= 0.3 is 5.97 Å². The van der Waals surface area contributed by atoms with Crippen LogP contribution in [0.5, 0.6) is 0 Å². The van der Waals surface area contributed by atoms with Crippen molar-refractivity contribution in [3.05, 3.63) is 11.7 Å². The van der Waals surface area contributed by atoms with Crippen LogP contribution >= 0.6 is 0 Å². The van der Waals surface area contributed by atoms with E-state index in [1.165, 1.54) is 0 Å². The van der Waals surface area contributed by atoms with E-state index in [-0.39, 0.29) is 6.54 Å². The maximum absolute atomic E-state index is 10.6. The number of hydrogen-bond acceptors (Lipinski definition) is 6. The number of rotatable bonds is 6. The average Bonchev–Trinajstić information content (AvgIpc) is 2.79. The molecule has 106 valence electrons. The second-order valence-electron chi connectivity index (χ2n) is 4.80. The molecule has 0 atom stereocenters. The molecule has 0 bridgehead atoms. The molecule has 2 heterocycles. The van der Waals surface area contributed by atoms with E-state index in [1.54, 1.807) is 0 Å². The molecule has 0 saturated carbocycles. The van der Waals surface area contributed by atoms with Crippen LogP contribution in [0.4, 0.5) is 0 Å². The number of carbonyl (C=O) groups is 1. The normalized spacial score (nSPS) is 17.7. The number of piperazine rings is 1. The number of aliphatic carboxylic acids is 1. The Kier molecular flexibility index (Phi) is 4.86. The highest BCUT2D eigenvalue weighted by Gasteiger charge is 2.20. The summed E-state index contributed by atoms with van der Waals surface area (Å²) in [6.07, 6.45) is 1.85. The lowest BCUT2D eigenvalue weighted by Gasteiger charge is -2.32. The molecular weight excluding hydrogens is 248 g/mol. The van der Waals surface area contributed by atoms with Gasteiger partial charge in [-0.05, 0) is 6.42 Å². The fourth-order valence-corrected chi connectivity index (χ4v) is 2.17. The van der Waals surface area contributed by atoms with Crippen molar-refractivity contribution < 1.29 is 14.4 Å². The van der Waals surface area contributed by atoms with Gasteiger partial charge in [0.15, 0.2) is 5.82 Å². The van der Waals surface area contributed by atoms with Gasteiger partial charge in [-0.25, -0.2) is 0 Å². The molecule has 1 aliphatic heterocycles. The molecule has 0 amide bonds. The minimum absolute atomic E-state index is 0.120. The highest BCUT2D eigenvalue weighted by atomic mass is 16.5. The van der Waals surface area contributed by atoms with Gasteiger partial charge in [0, 0.05) is 32.6 Å². The Hall–Kier alpha value is -1.47. The summed E-state index contributed by atoms with van der Waals surface area (Å²) in [4.78, 5) is 19.1. The lowest BCUT2D eigenvalue weighted by atomic mass is 10.3. The Balaban J connectivity index is 1.76. The van der Waals surface area contributed by atoms with Crippen molar-refractivity contribution in [3.63, 3.8) is 0 Å². The molecule has 1 aromatic rings. The smallest absolute Gasteiger partial charge is 0.317 e. The molecule has 1 aliphatic rings. The lowest BCUT2D eigenvalue weighted by Crippen LogP contribution is -2.47. The molecular formula is C12H20N4O3. The van der Waals surface area contributed by atoms with E-state index in [0.29, 0.717) is 12.4 Å². The van der Waals surface area contributed by atoms with E-state index in [4.69, 9.17) is 9.63 Å². The molecule has 1 aromatic heterocycles. The number of carboxylic acids is 1. The molecule has 1 N–H and O–H groups in total. The van der Waals surface area contributed by atoms with Crippen LogP contribution in [0.25, 0.3) is 0 Å². The van der Waals surface area contributed by atoms with Crippen LogP contribution in [-0.4, -0.2) is 63.7 Å². The average molecular weight is 268 g/mol. The van der Waals surface area contributed by atoms with Crippen LogP contribution in [-0.2, 0) is 17.8 Å². The topological polar surface area (TPSA) is 82.7 Å². The van der Waals surface area contributed by atoms with Crippen LogP contribution in [0.3, 0.4) is 0 Å². The Labute approximate surface area is 112 Å². The summed E-state index contributed by atoms with van der Waals surface area (Å²) in [7, 11) is 0. The van der Waals surface area contributed by atoms with Crippen molar-refractivity contribution in [2.45, 2.75) is 26.3 Å². The van der Waals surface area contributed by atoms with Crippen LogP contribution < -0.4 is 0 Å². The predicted octanol–water partition coefficient (Wildman–Crippen LogP) is 0.224. The van der Waals surface area contributed by atoms with Crippen molar-refractivity contribution >= 4 is 5.97 Å². The highest BCUT2D eigenvalue weighted by molar-refractivity contribution is 5.69. The molecule has 7 heteroatoms. The molecule has 19 heavy (non-hydrogen) atoms. The number of carboxylic acid groups (broad SMARTS) is 1. The Bertz CT molecular complexity index is 413. The van der Waals surface area contributed by atoms with E-state index in [1.807, 2.05) is 4.90 Å². The van der Waals surface area contributed by atoms with Crippen molar-refractivity contribution in [1.29, 1.82) is 0 Å². The maximum atomic E-state index is 10.6. The Morgan fingerprint density at radius 2 is 2.00 bits per heavy atom. The molecule has 0 spiro atoms. The maximum Gasteiger partial charge on any atom is 0.317 e. The van der Waals surface area contributed by atoms with Gasteiger partial charge in [0.25, 0.3) is 0 Å². The summed E-state index contributed by atoms with van der Waals surface area (Å²) < 4.78 is 5.20.